The highest BCUT2D eigenvalue weighted by Crippen LogP contribution is 2.08. The summed E-state index contributed by atoms with van der Waals surface area (Å²) in [4.78, 5) is 10.7. The molecule has 114 valence electrons. The molecule has 1 aromatic rings. The van der Waals surface area contributed by atoms with Crippen molar-refractivity contribution in [2.45, 2.75) is 58.3 Å². The molecule has 0 heterocycles. The van der Waals surface area contributed by atoms with Gasteiger partial charge < -0.3 is 9.84 Å². The van der Waals surface area contributed by atoms with Gasteiger partial charge in [-0.05, 0) is 18.6 Å². The largest absolute Gasteiger partial charge is 0.508 e. The van der Waals surface area contributed by atoms with Crippen molar-refractivity contribution in [2.24, 2.45) is 0 Å². The summed E-state index contributed by atoms with van der Waals surface area (Å²) >= 11 is 0. The van der Waals surface area contributed by atoms with Gasteiger partial charge in [0.2, 0.25) is 0 Å². The second-order valence-corrected chi connectivity index (χ2v) is 4.78. The molecule has 0 saturated heterocycles. The Balaban J connectivity index is 0.000000428. The van der Waals surface area contributed by atoms with Crippen molar-refractivity contribution >= 4 is 5.97 Å². The summed E-state index contributed by atoms with van der Waals surface area (Å²) in [5, 5.41) is 8.63. The predicted octanol–water partition coefficient (Wildman–Crippen LogP) is 4.69. The highest BCUT2D eigenvalue weighted by Gasteiger charge is 1.98. The first kappa shape index (κ1) is 18.5. The maximum absolute atomic E-state index is 10.7. The minimum atomic E-state index is -0.0754. The van der Waals surface area contributed by atoms with Gasteiger partial charge in [-0.15, -0.1) is 0 Å². The average molecular weight is 280 g/mol. The van der Waals surface area contributed by atoms with Gasteiger partial charge >= 0.3 is 5.97 Å². The zero-order valence-corrected chi connectivity index (χ0v) is 12.8. The van der Waals surface area contributed by atoms with Crippen LogP contribution in [0.5, 0.6) is 5.75 Å². The number of methoxy groups -OCH3 is 1. The van der Waals surface area contributed by atoms with E-state index in [4.69, 9.17) is 5.11 Å². The molecule has 1 rings (SSSR count). The smallest absolute Gasteiger partial charge is 0.305 e. The van der Waals surface area contributed by atoms with Crippen LogP contribution in [0.1, 0.15) is 58.3 Å². The van der Waals surface area contributed by atoms with E-state index in [2.05, 4.69) is 11.7 Å². The van der Waals surface area contributed by atoms with Gasteiger partial charge in [0.05, 0.1) is 7.11 Å². The summed E-state index contributed by atoms with van der Waals surface area (Å²) < 4.78 is 4.56. The van der Waals surface area contributed by atoms with Crippen molar-refractivity contribution < 1.29 is 14.6 Å². The average Bonchev–Trinajstić information content (AvgIpc) is 2.47. The van der Waals surface area contributed by atoms with Crippen LogP contribution >= 0.6 is 0 Å². The van der Waals surface area contributed by atoms with Gasteiger partial charge in [0, 0.05) is 6.42 Å². The molecule has 0 unspecified atom stereocenters. The van der Waals surface area contributed by atoms with E-state index in [0.29, 0.717) is 12.2 Å². The molecule has 0 spiro atoms. The van der Waals surface area contributed by atoms with Crippen molar-refractivity contribution in [3.05, 3.63) is 30.3 Å². The number of ether oxygens (including phenoxy) is 1. The van der Waals surface area contributed by atoms with E-state index in [-0.39, 0.29) is 5.97 Å². The van der Waals surface area contributed by atoms with E-state index >= 15 is 0 Å². The second-order valence-electron chi connectivity index (χ2n) is 4.78. The summed E-state index contributed by atoms with van der Waals surface area (Å²) in [6.45, 7) is 2.22. The Morgan fingerprint density at radius 2 is 1.55 bits per heavy atom. The molecule has 0 aliphatic heterocycles. The zero-order chi connectivity index (χ0) is 15.1. The summed E-state index contributed by atoms with van der Waals surface area (Å²) in [6.07, 6.45) is 9.29. The molecular formula is C17H28O3. The Kier molecular flexibility index (Phi) is 12.9. The van der Waals surface area contributed by atoms with Gasteiger partial charge in [0.15, 0.2) is 0 Å². The van der Waals surface area contributed by atoms with Crippen molar-refractivity contribution in [1.82, 2.24) is 0 Å². The standard InChI is InChI=1S/C11H22O2.C6H6O/c1-3-4-5-6-7-8-9-10-11(12)13-2;7-6-4-2-1-3-5-6/h3-10H2,1-2H3;1-5,7H. The van der Waals surface area contributed by atoms with E-state index in [0.717, 1.165) is 6.42 Å². The first-order chi connectivity index (χ1) is 9.70. The van der Waals surface area contributed by atoms with Gasteiger partial charge in [0.25, 0.3) is 0 Å². The number of benzene rings is 1. The SMILES string of the molecule is CCCCCCCCCC(=O)OC.Oc1ccccc1. The third kappa shape index (κ3) is 12.9. The lowest BCUT2D eigenvalue weighted by Crippen LogP contribution is -1.99. The Morgan fingerprint density at radius 1 is 1.00 bits per heavy atom. The monoisotopic (exact) mass is 280 g/mol. The third-order valence-electron chi connectivity index (χ3n) is 2.97. The van der Waals surface area contributed by atoms with Crippen molar-refractivity contribution in [1.29, 1.82) is 0 Å². The van der Waals surface area contributed by atoms with Crippen molar-refractivity contribution in [3.8, 4) is 5.75 Å². The number of phenols is 1. The molecule has 20 heavy (non-hydrogen) atoms. The fourth-order valence-electron chi connectivity index (χ4n) is 1.76. The minimum Gasteiger partial charge on any atom is -0.508 e. The van der Waals surface area contributed by atoms with E-state index in [9.17, 15) is 4.79 Å². The molecule has 1 aromatic carbocycles. The van der Waals surface area contributed by atoms with Gasteiger partial charge in [-0.3, -0.25) is 4.79 Å². The van der Waals surface area contributed by atoms with E-state index in [1.54, 1.807) is 24.3 Å². The Hall–Kier alpha value is -1.51. The van der Waals surface area contributed by atoms with E-state index < -0.39 is 0 Å². The fourth-order valence-corrected chi connectivity index (χ4v) is 1.76. The molecule has 0 atom stereocenters. The number of hydrogen-bond donors (Lipinski definition) is 1. The zero-order valence-electron chi connectivity index (χ0n) is 12.8. The molecule has 0 radical (unpaired) electrons. The molecule has 0 saturated carbocycles. The van der Waals surface area contributed by atoms with Crippen LogP contribution in [0.25, 0.3) is 0 Å². The number of carbonyl (C=O) groups is 1. The molecule has 0 aliphatic carbocycles. The normalized spacial score (nSPS) is 9.50. The molecule has 0 fully saturated rings. The molecular weight excluding hydrogens is 252 g/mol. The lowest BCUT2D eigenvalue weighted by atomic mass is 10.1. The molecule has 0 aromatic heterocycles. The lowest BCUT2D eigenvalue weighted by molar-refractivity contribution is -0.140. The highest BCUT2D eigenvalue weighted by atomic mass is 16.5. The molecule has 0 aliphatic rings. The van der Waals surface area contributed by atoms with Crippen LogP contribution in [0.4, 0.5) is 0 Å². The Bertz CT molecular complexity index is 322. The van der Waals surface area contributed by atoms with E-state index in [1.807, 2.05) is 6.07 Å². The first-order valence-corrected chi connectivity index (χ1v) is 7.51. The molecule has 3 nitrogen and oxygen atoms in total. The summed E-state index contributed by atoms with van der Waals surface area (Å²) in [7, 11) is 1.45. The van der Waals surface area contributed by atoms with Gasteiger partial charge in [-0.2, -0.15) is 0 Å². The molecule has 0 bridgehead atoms. The van der Waals surface area contributed by atoms with Gasteiger partial charge in [0.1, 0.15) is 5.75 Å². The number of phenolic OH excluding ortho intramolecular Hbond substituents is 1. The number of para-hydroxylation sites is 1. The summed E-state index contributed by atoms with van der Waals surface area (Å²) in [5.74, 6) is 0.246. The maximum atomic E-state index is 10.7. The van der Waals surface area contributed by atoms with Crippen LogP contribution in [-0.2, 0) is 9.53 Å². The van der Waals surface area contributed by atoms with Crippen molar-refractivity contribution in [2.75, 3.05) is 7.11 Å². The van der Waals surface area contributed by atoms with E-state index in [1.165, 1.54) is 45.6 Å². The number of rotatable bonds is 8. The maximum Gasteiger partial charge on any atom is 0.305 e. The van der Waals surface area contributed by atoms with Crippen LogP contribution in [0.15, 0.2) is 30.3 Å². The second kappa shape index (κ2) is 13.9. The first-order valence-electron chi connectivity index (χ1n) is 7.51. The fraction of sp³-hybridized carbons (Fsp3) is 0.588. The van der Waals surface area contributed by atoms with Gasteiger partial charge in [-0.1, -0.05) is 63.6 Å². The predicted molar refractivity (Wildman–Crippen MR) is 82.7 cm³/mol. The number of hydrogen-bond acceptors (Lipinski definition) is 3. The van der Waals surface area contributed by atoms with Gasteiger partial charge in [-0.25, -0.2) is 0 Å². The van der Waals surface area contributed by atoms with Crippen LogP contribution in [0.2, 0.25) is 0 Å². The molecule has 0 amide bonds. The number of aromatic hydroxyl groups is 1. The summed E-state index contributed by atoms with van der Waals surface area (Å²) in [6, 6.07) is 8.71. The number of unbranched alkanes of at least 4 members (excludes halogenated alkanes) is 6. The summed E-state index contributed by atoms with van der Waals surface area (Å²) in [5.41, 5.74) is 0. The Morgan fingerprint density at radius 3 is 2.00 bits per heavy atom. The van der Waals surface area contributed by atoms with Crippen molar-refractivity contribution in [3.63, 3.8) is 0 Å². The minimum absolute atomic E-state index is 0.0754. The number of carbonyl (C=O) groups excluding carboxylic acids is 1. The third-order valence-corrected chi connectivity index (χ3v) is 2.97. The van der Waals surface area contributed by atoms with Crippen LogP contribution in [0.3, 0.4) is 0 Å². The van der Waals surface area contributed by atoms with Crippen LogP contribution in [-0.4, -0.2) is 18.2 Å². The van der Waals surface area contributed by atoms with Crippen LogP contribution < -0.4 is 0 Å². The van der Waals surface area contributed by atoms with Crippen LogP contribution in [0, 0.1) is 0 Å². The molecule has 1 N–H and O–H groups in total. The highest BCUT2D eigenvalue weighted by molar-refractivity contribution is 5.68. The quantitative estimate of drug-likeness (QED) is 0.555. The Labute approximate surface area is 123 Å². The number of esters is 1. The molecule has 3 heteroatoms. The lowest BCUT2D eigenvalue weighted by Gasteiger charge is -2.00. The topological polar surface area (TPSA) is 46.5 Å².